The predicted molar refractivity (Wildman–Crippen MR) is 133 cm³/mol. The van der Waals surface area contributed by atoms with Crippen molar-refractivity contribution < 1.29 is 37.2 Å². The van der Waals surface area contributed by atoms with Gasteiger partial charge in [0.25, 0.3) is 0 Å². The summed E-state index contributed by atoms with van der Waals surface area (Å²) in [6.45, 7) is 9.98. The van der Waals surface area contributed by atoms with Crippen molar-refractivity contribution in [2.45, 2.75) is 51.7 Å². The molecule has 37 heavy (non-hydrogen) atoms. The van der Waals surface area contributed by atoms with Gasteiger partial charge < -0.3 is 9.64 Å². The minimum atomic E-state index is -4.80. The average Bonchev–Trinajstić information content (AvgIpc) is 2.82. The molecular formula is C27H30ClF4N2O3+. The number of amides is 1. The molecule has 2 aromatic rings. The topological polar surface area (TPSA) is 63.2 Å². The Morgan fingerprint density at radius 3 is 2.43 bits per heavy atom. The van der Waals surface area contributed by atoms with Crippen molar-refractivity contribution in [2.75, 3.05) is 13.7 Å². The second-order valence-corrected chi connectivity index (χ2v) is 9.90. The first-order chi connectivity index (χ1) is 17.3. The summed E-state index contributed by atoms with van der Waals surface area (Å²) in [4.78, 5) is 27.0. The third-order valence-corrected chi connectivity index (χ3v) is 7.04. The number of likely N-dealkylation sites (tertiary alicyclic amines) is 1. The lowest BCUT2D eigenvalue weighted by Gasteiger charge is -2.39. The number of nitrogens with two attached hydrogens (primary N) is 1. The zero-order chi connectivity index (χ0) is 27.7. The number of methoxy groups -OCH3 is 1. The van der Waals surface area contributed by atoms with Crippen LogP contribution in [0.5, 0.6) is 0 Å². The maximum atomic E-state index is 15.9. The first kappa shape index (κ1) is 28.7. The highest BCUT2D eigenvalue weighted by Crippen LogP contribution is 2.37. The summed E-state index contributed by atoms with van der Waals surface area (Å²) < 4.78 is 61.5. The van der Waals surface area contributed by atoms with Crippen molar-refractivity contribution in [2.24, 2.45) is 5.92 Å². The van der Waals surface area contributed by atoms with Crippen LogP contribution < -0.4 is 5.32 Å². The van der Waals surface area contributed by atoms with Crippen molar-refractivity contribution in [3.63, 3.8) is 0 Å². The molecule has 1 aliphatic heterocycles. The van der Waals surface area contributed by atoms with Crippen LogP contribution in [0.2, 0.25) is 5.02 Å². The number of carbonyl (C=O) groups is 2. The Kier molecular flexibility index (Phi) is 8.70. The first-order valence-corrected chi connectivity index (χ1v) is 12.3. The van der Waals surface area contributed by atoms with Crippen molar-refractivity contribution in [1.29, 1.82) is 0 Å². The highest BCUT2D eigenvalue weighted by atomic mass is 35.5. The van der Waals surface area contributed by atoms with Crippen LogP contribution in [-0.2, 0) is 15.7 Å². The number of primary amides is 1. The minimum Gasteiger partial charge on any atom is -0.469 e. The quantitative estimate of drug-likeness (QED) is 0.281. The van der Waals surface area contributed by atoms with Gasteiger partial charge in [0.2, 0.25) is 0 Å². The number of hydrogen-bond donors (Lipinski definition) is 1. The number of ether oxygens (including phenoxy) is 1. The largest absolute Gasteiger partial charge is 0.469 e. The van der Waals surface area contributed by atoms with Gasteiger partial charge in [-0.3, -0.25) is 4.79 Å². The van der Waals surface area contributed by atoms with Crippen LogP contribution in [-0.4, -0.2) is 36.5 Å². The fourth-order valence-corrected chi connectivity index (χ4v) is 5.06. The number of piperidine rings is 1. The van der Waals surface area contributed by atoms with E-state index in [0.717, 1.165) is 17.4 Å². The number of hydrogen-bond acceptors (Lipinski definition) is 4. The molecule has 1 amide bonds. The molecule has 2 unspecified atom stereocenters. The second kappa shape index (κ2) is 11.2. The summed E-state index contributed by atoms with van der Waals surface area (Å²) in [6, 6.07) is 5.92. The number of alkyl halides is 3. The Morgan fingerprint density at radius 2 is 1.86 bits per heavy atom. The van der Waals surface area contributed by atoms with Crippen LogP contribution in [0.25, 0.3) is 5.70 Å². The van der Waals surface area contributed by atoms with E-state index in [9.17, 15) is 22.8 Å². The molecule has 3 rings (SSSR count). The van der Waals surface area contributed by atoms with Gasteiger partial charge in [0, 0.05) is 24.4 Å². The molecule has 0 radical (unpaired) electrons. The molecule has 2 N–H and O–H groups in total. The third-order valence-electron chi connectivity index (χ3n) is 6.72. The molecule has 1 heterocycles. The summed E-state index contributed by atoms with van der Waals surface area (Å²) in [7, 11) is 1.33. The lowest BCUT2D eigenvalue weighted by molar-refractivity contribution is -0.464. The lowest BCUT2D eigenvalue weighted by atomic mass is 9.89. The Morgan fingerprint density at radius 1 is 1.19 bits per heavy atom. The van der Waals surface area contributed by atoms with E-state index in [4.69, 9.17) is 16.3 Å². The zero-order valence-corrected chi connectivity index (χ0v) is 21.8. The van der Waals surface area contributed by atoms with Gasteiger partial charge in [-0.15, -0.1) is 0 Å². The maximum absolute atomic E-state index is 15.9. The van der Waals surface area contributed by atoms with E-state index in [2.05, 4.69) is 6.58 Å². The molecule has 0 aliphatic carbocycles. The van der Waals surface area contributed by atoms with Crippen LogP contribution in [0, 0.1) is 11.7 Å². The normalized spacial score (nSPS) is 18.2. The Bertz CT molecular complexity index is 1210. The lowest BCUT2D eigenvalue weighted by Crippen LogP contribution is -2.83. The standard InChI is InChI=1S/C27H29ClF4N2O3/c1-14(2)18-9-10-21(33-25(35)23-19(27(30,31)32)7-6-8-20(23)28)22(24(18)29)16(4)34-12-11-17(13-15(34)3)26(36)37-5/h6-10,14-15,17H,4,11-13H2,1-3,5H3,(H,33,35)/p+1. The van der Waals surface area contributed by atoms with E-state index in [-0.39, 0.29) is 45.8 Å². The minimum absolute atomic E-state index is 0.0310. The molecule has 2 aromatic carbocycles. The molecule has 1 aliphatic rings. The summed E-state index contributed by atoms with van der Waals surface area (Å²) in [5, 5.41) is 0.616. The smallest absolute Gasteiger partial charge is 0.417 e. The number of rotatable bonds is 6. The van der Waals surface area contributed by atoms with E-state index in [0.29, 0.717) is 24.9 Å². The highest BCUT2D eigenvalue weighted by molar-refractivity contribution is 6.33. The van der Waals surface area contributed by atoms with Gasteiger partial charge in [-0.2, -0.15) is 13.2 Å². The summed E-state index contributed by atoms with van der Waals surface area (Å²) in [5.41, 5.74) is -1.08. The van der Waals surface area contributed by atoms with Crippen LogP contribution in [0.3, 0.4) is 0 Å². The van der Waals surface area contributed by atoms with Crippen molar-refractivity contribution in [1.82, 2.24) is 4.90 Å². The fraction of sp³-hybridized carbons (Fsp3) is 0.407. The van der Waals surface area contributed by atoms with Crippen LogP contribution >= 0.6 is 11.6 Å². The Labute approximate surface area is 218 Å². The van der Waals surface area contributed by atoms with Crippen LogP contribution in [0.1, 0.15) is 66.6 Å². The van der Waals surface area contributed by atoms with Gasteiger partial charge in [0.05, 0.1) is 29.2 Å². The highest BCUT2D eigenvalue weighted by Gasteiger charge is 2.39. The van der Waals surface area contributed by atoms with Gasteiger partial charge in [-0.05, 0) is 49.4 Å². The molecule has 0 saturated carbocycles. The van der Waals surface area contributed by atoms with Crippen LogP contribution in [0.4, 0.5) is 23.2 Å². The maximum Gasteiger partial charge on any atom is 0.417 e. The molecule has 2 atom stereocenters. The van der Waals surface area contributed by atoms with Crippen molar-refractivity contribution in [3.8, 4) is 0 Å². The van der Waals surface area contributed by atoms with E-state index >= 15 is 4.39 Å². The number of benzene rings is 2. The third kappa shape index (κ3) is 5.99. The molecule has 1 saturated heterocycles. The van der Waals surface area contributed by atoms with Gasteiger partial charge >= 0.3 is 18.1 Å². The summed E-state index contributed by atoms with van der Waals surface area (Å²) >= 11 is 6.01. The van der Waals surface area contributed by atoms with E-state index in [1.807, 2.05) is 25.7 Å². The number of carbonyl (C=O) groups excluding carboxylic acids is 2. The summed E-state index contributed by atoms with van der Waals surface area (Å²) in [5.74, 6) is -2.41. The molecule has 0 bridgehead atoms. The van der Waals surface area contributed by atoms with E-state index in [1.54, 1.807) is 0 Å². The number of quaternary nitrogens is 1. The Balaban J connectivity index is 2.03. The molecule has 0 spiro atoms. The monoisotopic (exact) mass is 541 g/mol. The van der Waals surface area contributed by atoms with Gasteiger partial charge in [-0.1, -0.05) is 38.1 Å². The van der Waals surface area contributed by atoms with Crippen molar-refractivity contribution in [3.05, 3.63) is 70.0 Å². The van der Waals surface area contributed by atoms with Gasteiger partial charge in [0.1, 0.15) is 17.1 Å². The summed E-state index contributed by atoms with van der Waals surface area (Å²) in [6.07, 6.45) is -3.87. The van der Waals surface area contributed by atoms with Crippen molar-refractivity contribution >= 4 is 34.9 Å². The fourth-order valence-electron chi connectivity index (χ4n) is 4.79. The second-order valence-electron chi connectivity index (χ2n) is 9.49. The molecule has 5 nitrogen and oxygen atoms in total. The molecular weight excluding hydrogens is 512 g/mol. The van der Waals surface area contributed by atoms with Crippen LogP contribution in [0.15, 0.2) is 36.9 Å². The van der Waals surface area contributed by atoms with E-state index < -0.39 is 29.0 Å². The van der Waals surface area contributed by atoms with E-state index in [1.165, 1.54) is 25.3 Å². The predicted octanol–water partition coefficient (Wildman–Crippen LogP) is 5.90. The zero-order valence-electron chi connectivity index (χ0n) is 21.1. The molecule has 200 valence electrons. The molecule has 10 heteroatoms. The Hall–Kier alpha value is -2.91. The number of esters is 1. The number of nitrogens with zero attached hydrogens (tertiary/aromatic N) is 1. The SMILES string of the molecule is C=C(c1c([NH2+]C(=O)c2c(Cl)cccc2C(F)(F)F)ccc(C(C)C)c1F)N1CCC(C(=O)OC)CC1C. The molecule has 0 aromatic heterocycles. The average molecular weight is 542 g/mol. The number of halogens is 5. The van der Waals surface area contributed by atoms with Gasteiger partial charge in [0.15, 0.2) is 0 Å². The molecule has 1 fully saturated rings. The van der Waals surface area contributed by atoms with Gasteiger partial charge in [-0.25, -0.2) is 14.5 Å². The first-order valence-electron chi connectivity index (χ1n) is 11.9.